The fourth-order valence-corrected chi connectivity index (χ4v) is 2.47. The molecule has 0 aliphatic heterocycles. The lowest BCUT2D eigenvalue weighted by Gasteiger charge is -2.45. The molecule has 0 heterocycles. The molecule has 0 unspecified atom stereocenters. The molecule has 1 aliphatic carbocycles. The third kappa shape index (κ3) is 1.71. The van der Waals surface area contributed by atoms with E-state index < -0.39 is 0 Å². The number of nitrogens with zero attached hydrogens (tertiary/aromatic N) is 1. The monoisotopic (exact) mass is 217 g/mol. The number of rotatable bonds is 2. The Kier molecular flexibility index (Phi) is 2.71. The Bertz CT molecular complexity index is 407. The largest absolute Gasteiger partial charge is 0.207 e. The Morgan fingerprint density at radius 1 is 1.31 bits per heavy atom. The maximum atomic E-state index is 12.8. The van der Waals surface area contributed by atoms with Crippen LogP contribution in [0.5, 0.6) is 0 Å². The molecule has 16 heavy (non-hydrogen) atoms. The van der Waals surface area contributed by atoms with Gasteiger partial charge in [0.2, 0.25) is 0 Å². The Morgan fingerprint density at radius 2 is 1.88 bits per heavy atom. The number of halogens is 1. The second kappa shape index (κ2) is 3.90. The van der Waals surface area contributed by atoms with Crippen LogP contribution in [0.4, 0.5) is 4.39 Å². The van der Waals surface area contributed by atoms with Gasteiger partial charge in [-0.25, -0.2) is 4.39 Å². The zero-order chi connectivity index (χ0) is 11.8. The van der Waals surface area contributed by atoms with Crippen molar-refractivity contribution in [1.82, 2.24) is 0 Å². The minimum absolute atomic E-state index is 0.239. The summed E-state index contributed by atoms with van der Waals surface area (Å²) in [4.78, 5) is 0. The predicted molar refractivity (Wildman–Crippen MR) is 61.3 cm³/mol. The Balaban J connectivity index is 2.20. The fourth-order valence-electron chi connectivity index (χ4n) is 2.47. The minimum Gasteiger partial charge on any atom is -0.207 e. The first-order valence-corrected chi connectivity index (χ1v) is 5.75. The van der Waals surface area contributed by atoms with Crippen LogP contribution in [0.2, 0.25) is 0 Å². The van der Waals surface area contributed by atoms with E-state index in [4.69, 9.17) is 0 Å². The van der Waals surface area contributed by atoms with Gasteiger partial charge in [-0.15, -0.1) is 0 Å². The van der Waals surface area contributed by atoms with Gasteiger partial charge in [0, 0.05) is 0 Å². The summed E-state index contributed by atoms with van der Waals surface area (Å²) in [5, 5.41) is 9.32. The molecule has 1 aromatic rings. The summed E-state index contributed by atoms with van der Waals surface area (Å²) in [6.07, 6.45) is 1.82. The van der Waals surface area contributed by atoms with Crippen molar-refractivity contribution in [3.8, 4) is 6.07 Å². The van der Waals surface area contributed by atoms with Crippen LogP contribution in [-0.4, -0.2) is 0 Å². The molecule has 0 amide bonds. The van der Waals surface area contributed by atoms with Gasteiger partial charge in [-0.05, 0) is 42.4 Å². The molecule has 1 aromatic carbocycles. The lowest BCUT2D eigenvalue weighted by molar-refractivity contribution is 0.145. The highest BCUT2D eigenvalue weighted by Gasteiger charge is 2.46. The van der Waals surface area contributed by atoms with E-state index in [2.05, 4.69) is 19.9 Å². The molecule has 0 bridgehead atoms. The first-order valence-electron chi connectivity index (χ1n) is 5.75. The predicted octanol–water partition coefficient (Wildman–Crippen LogP) is 3.65. The first kappa shape index (κ1) is 11.1. The van der Waals surface area contributed by atoms with E-state index >= 15 is 0 Å². The Morgan fingerprint density at radius 3 is 2.31 bits per heavy atom. The van der Waals surface area contributed by atoms with Crippen LogP contribution in [0.3, 0.4) is 0 Å². The van der Waals surface area contributed by atoms with Gasteiger partial charge in [0.1, 0.15) is 5.82 Å². The summed E-state index contributed by atoms with van der Waals surface area (Å²) in [5.41, 5.74) is 0.608. The SMILES string of the molecule is CC(C)[C@H]1C[C@](C#N)(c2ccc(F)cc2)C1. The quantitative estimate of drug-likeness (QED) is 0.741. The molecule has 2 rings (SSSR count). The van der Waals surface area contributed by atoms with Gasteiger partial charge in [-0.3, -0.25) is 0 Å². The molecule has 0 atom stereocenters. The molecule has 2 heteroatoms. The molecule has 0 N–H and O–H groups in total. The molecular formula is C14H16FN. The summed E-state index contributed by atoms with van der Waals surface area (Å²) in [6, 6.07) is 8.79. The molecule has 0 aromatic heterocycles. The van der Waals surface area contributed by atoms with Crippen molar-refractivity contribution < 1.29 is 4.39 Å². The second-order valence-electron chi connectivity index (χ2n) is 5.11. The summed E-state index contributed by atoms with van der Waals surface area (Å²) in [5.74, 6) is 1.02. The highest BCUT2D eigenvalue weighted by molar-refractivity contribution is 5.36. The van der Waals surface area contributed by atoms with Crippen molar-refractivity contribution >= 4 is 0 Å². The van der Waals surface area contributed by atoms with E-state index in [-0.39, 0.29) is 11.2 Å². The summed E-state index contributed by atoms with van der Waals surface area (Å²) >= 11 is 0. The first-order chi connectivity index (χ1) is 7.57. The third-order valence-corrected chi connectivity index (χ3v) is 3.77. The van der Waals surface area contributed by atoms with Crippen LogP contribution in [-0.2, 0) is 5.41 Å². The van der Waals surface area contributed by atoms with Crippen LogP contribution in [0.25, 0.3) is 0 Å². The van der Waals surface area contributed by atoms with Crippen LogP contribution in [0.1, 0.15) is 32.3 Å². The van der Waals surface area contributed by atoms with Crippen molar-refractivity contribution in [2.24, 2.45) is 11.8 Å². The van der Waals surface area contributed by atoms with Gasteiger partial charge in [0.25, 0.3) is 0 Å². The van der Waals surface area contributed by atoms with Crippen LogP contribution in [0, 0.1) is 29.0 Å². The highest BCUT2D eigenvalue weighted by Crippen LogP contribution is 2.50. The molecule has 1 fully saturated rings. The van der Waals surface area contributed by atoms with Crippen molar-refractivity contribution in [2.75, 3.05) is 0 Å². The number of hydrogen-bond donors (Lipinski definition) is 0. The maximum absolute atomic E-state index is 12.8. The molecule has 1 saturated carbocycles. The Hall–Kier alpha value is -1.36. The van der Waals surface area contributed by atoms with Gasteiger partial charge in [0.05, 0.1) is 11.5 Å². The summed E-state index contributed by atoms with van der Waals surface area (Å²) < 4.78 is 12.8. The summed E-state index contributed by atoms with van der Waals surface area (Å²) in [6.45, 7) is 4.38. The van der Waals surface area contributed by atoms with E-state index in [1.54, 1.807) is 12.1 Å². The van der Waals surface area contributed by atoms with Crippen LogP contribution >= 0.6 is 0 Å². The van der Waals surface area contributed by atoms with Crippen LogP contribution in [0.15, 0.2) is 24.3 Å². The standard InChI is InChI=1S/C14H16FN/c1-10(2)11-7-14(8-11,9-16)12-3-5-13(15)6-4-12/h3-6,10-11H,7-8H2,1-2H3/t11-,14-. The molecule has 0 spiro atoms. The smallest absolute Gasteiger partial charge is 0.123 e. The average molecular weight is 217 g/mol. The molecule has 0 saturated heterocycles. The van der Waals surface area contributed by atoms with Crippen LogP contribution < -0.4 is 0 Å². The number of benzene rings is 1. The lowest BCUT2D eigenvalue weighted by atomic mass is 9.56. The molecule has 1 nitrogen and oxygen atoms in total. The van der Waals surface area contributed by atoms with Gasteiger partial charge in [0.15, 0.2) is 0 Å². The number of hydrogen-bond acceptors (Lipinski definition) is 1. The molecule has 1 aliphatic rings. The van der Waals surface area contributed by atoms with E-state index in [1.807, 2.05) is 0 Å². The Labute approximate surface area is 95.9 Å². The molecule has 0 radical (unpaired) electrons. The fraction of sp³-hybridized carbons (Fsp3) is 0.500. The van der Waals surface area contributed by atoms with Crippen molar-refractivity contribution in [1.29, 1.82) is 5.26 Å². The third-order valence-electron chi connectivity index (χ3n) is 3.77. The minimum atomic E-state index is -0.358. The zero-order valence-electron chi connectivity index (χ0n) is 9.70. The van der Waals surface area contributed by atoms with Gasteiger partial charge in [-0.2, -0.15) is 5.26 Å². The average Bonchev–Trinajstić information content (AvgIpc) is 2.19. The van der Waals surface area contributed by atoms with E-state index in [1.165, 1.54) is 12.1 Å². The lowest BCUT2D eigenvalue weighted by Crippen LogP contribution is -2.42. The van der Waals surface area contributed by atoms with E-state index in [0.717, 1.165) is 18.4 Å². The van der Waals surface area contributed by atoms with E-state index in [9.17, 15) is 9.65 Å². The summed E-state index contributed by atoms with van der Waals surface area (Å²) in [7, 11) is 0. The zero-order valence-corrected chi connectivity index (χ0v) is 9.70. The van der Waals surface area contributed by atoms with Gasteiger partial charge < -0.3 is 0 Å². The van der Waals surface area contributed by atoms with Gasteiger partial charge in [-0.1, -0.05) is 26.0 Å². The normalized spacial score (nSPS) is 28.6. The molecule has 84 valence electrons. The number of nitriles is 1. The maximum Gasteiger partial charge on any atom is 0.123 e. The van der Waals surface area contributed by atoms with E-state index in [0.29, 0.717) is 11.8 Å². The van der Waals surface area contributed by atoms with Crippen molar-refractivity contribution in [3.63, 3.8) is 0 Å². The van der Waals surface area contributed by atoms with Gasteiger partial charge >= 0.3 is 0 Å². The molecular weight excluding hydrogens is 201 g/mol. The second-order valence-corrected chi connectivity index (χ2v) is 5.11. The highest BCUT2D eigenvalue weighted by atomic mass is 19.1. The van der Waals surface area contributed by atoms with Crippen molar-refractivity contribution in [3.05, 3.63) is 35.6 Å². The topological polar surface area (TPSA) is 23.8 Å². The van der Waals surface area contributed by atoms with Crippen molar-refractivity contribution in [2.45, 2.75) is 32.1 Å².